The molecule has 110 valence electrons. The van der Waals surface area contributed by atoms with Gasteiger partial charge >= 0.3 is 0 Å². The summed E-state index contributed by atoms with van der Waals surface area (Å²) in [4.78, 5) is 0. The van der Waals surface area contributed by atoms with E-state index in [1.807, 2.05) is 0 Å². The van der Waals surface area contributed by atoms with Crippen LogP contribution < -0.4 is 11.1 Å². The molecule has 0 aliphatic heterocycles. The number of halogens is 3. The number of para-hydroxylation sites is 1. The lowest BCUT2D eigenvalue weighted by molar-refractivity contribution is 0.318. The van der Waals surface area contributed by atoms with Gasteiger partial charge in [0, 0.05) is 16.6 Å². The van der Waals surface area contributed by atoms with Crippen molar-refractivity contribution in [2.45, 2.75) is 6.54 Å². The lowest BCUT2D eigenvalue weighted by Crippen LogP contribution is -2.17. The summed E-state index contributed by atoms with van der Waals surface area (Å²) < 4.78 is 27.5. The van der Waals surface area contributed by atoms with Crippen LogP contribution in [0.2, 0.25) is 0 Å². The fourth-order valence-electron chi connectivity index (χ4n) is 1.85. The van der Waals surface area contributed by atoms with Gasteiger partial charge in [-0.05, 0) is 45.8 Å². The Balaban J connectivity index is 2.28. The summed E-state index contributed by atoms with van der Waals surface area (Å²) >= 11 is 3.24. The molecule has 0 aliphatic rings. The summed E-state index contributed by atoms with van der Waals surface area (Å²) in [5.41, 5.74) is 6.62. The molecule has 2 rings (SSSR count). The van der Waals surface area contributed by atoms with Gasteiger partial charge in [0.2, 0.25) is 0 Å². The van der Waals surface area contributed by atoms with Gasteiger partial charge in [-0.3, -0.25) is 0 Å². The average Bonchev–Trinajstić information content (AvgIpc) is 2.47. The van der Waals surface area contributed by atoms with Gasteiger partial charge in [0.25, 0.3) is 0 Å². The Morgan fingerprint density at radius 3 is 2.71 bits per heavy atom. The second-order valence-electron chi connectivity index (χ2n) is 4.24. The van der Waals surface area contributed by atoms with E-state index < -0.39 is 11.6 Å². The summed E-state index contributed by atoms with van der Waals surface area (Å²) in [5, 5.41) is 14.5. The summed E-state index contributed by atoms with van der Waals surface area (Å²) in [6.07, 6.45) is 0. The van der Waals surface area contributed by atoms with Crippen molar-refractivity contribution in [2.24, 2.45) is 10.9 Å². The first-order chi connectivity index (χ1) is 10.0. The van der Waals surface area contributed by atoms with E-state index in [9.17, 15) is 8.78 Å². The normalized spacial score (nSPS) is 11.5. The maximum Gasteiger partial charge on any atom is 0.170 e. The summed E-state index contributed by atoms with van der Waals surface area (Å²) in [5.74, 6) is -1.14. The van der Waals surface area contributed by atoms with E-state index in [2.05, 4.69) is 26.4 Å². The van der Waals surface area contributed by atoms with E-state index in [0.717, 1.165) is 6.07 Å². The first-order valence-electron chi connectivity index (χ1n) is 5.97. The molecule has 0 aromatic heterocycles. The van der Waals surface area contributed by atoms with E-state index in [1.165, 1.54) is 18.2 Å². The number of anilines is 1. The van der Waals surface area contributed by atoms with E-state index >= 15 is 0 Å². The molecule has 0 aliphatic carbocycles. The molecule has 0 saturated carbocycles. The maximum absolute atomic E-state index is 13.7. The Labute approximate surface area is 128 Å². The van der Waals surface area contributed by atoms with Gasteiger partial charge in [0.1, 0.15) is 11.6 Å². The van der Waals surface area contributed by atoms with E-state index in [1.54, 1.807) is 12.1 Å². The molecule has 0 atom stereocenters. The number of nitrogens with one attached hydrogen (secondary N) is 1. The van der Waals surface area contributed by atoms with E-state index in [4.69, 9.17) is 10.9 Å². The molecular formula is C14H12BrF2N3O. The molecule has 21 heavy (non-hydrogen) atoms. The SMILES string of the molecule is N/C(=N/O)c1cc(F)ccc1CNc1c(F)cccc1Br. The van der Waals surface area contributed by atoms with Crippen LogP contribution in [0.1, 0.15) is 11.1 Å². The second-order valence-corrected chi connectivity index (χ2v) is 5.09. The molecule has 0 fully saturated rings. The van der Waals surface area contributed by atoms with Crippen molar-refractivity contribution in [3.63, 3.8) is 0 Å². The molecule has 0 heterocycles. The Morgan fingerprint density at radius 1 is 1.29 bits per heavy atom. The van der Waals surface area contributed by atoms with Crippen LogP contribution in [0.4, 0.5) is 14.5 Å². The minimum atomic E-state index is -0.507. The van der Waals surface area contributed by atoms with E-state index in [-0.39, 0.29) is 23.6 Å². The Bertz CT molecular complexity index is 672. The molecule has 0 amide bonds. The molecule has 0 bridgehead atoms. The molecule has 2 aromatic carbocycles. The fourth-order valence-corrected chi connectivity index (χ4v) is 2.33. The second kappa shape index (κ2) is 6.53. The van der Waals surface area contributed by atoms with Crippen LogP contribution in [-0.4, -0.2) is 11.0 Å². The van der Waals surface area contributed by atoms with Crippen LogP contribution in [-0.2, 0) is 6.54 Å². The molecule has 0 spiro atoms. The van der Waals surface area contributed by atoms with Crippen LogP contribution >= 0.6 is 15.9 Å². The highest BCUT2D eigenvalue weighted by Crippen LogP contribution is 2.26. The standard InChI is InChI=1S/C14H12BrF2N3O/c15-11-2-1-3-12(17)13(11)19-7-8-4-5-9(16)6-10(8)14(18)20-21/h1-6,19,21H,7H2,(H2,18,20). The molecule has 4 nitrogen and oxygen atoms in total. The predicted octanol–water partition coefficient (Wildman–Crippen LogP) is 3.43. The lowest BCUT2D eigenvalue weighted by Gasteiger charge is -2.12. The highest BCUT2D eigenvalue weighted by Gasteiger charge is 2.11. The van der Waals surface area contributed by atoms with E-state index in [0.29, 0.717) is 10.0 Å². The van der Waals surface area contributed by atoms with Crippen LogP contribution in [0.5, 0.6) is 0 Å². The summed E-state index contributed by atoms with van der Waals surface area (Å²) in [6.45, 7) is 0.186. The van der Waals surface area contributed by atoms with Crippen molar-refractivity contribution in [3.05, 3.63) is 63.6 Å². The number of rotatable bonds is 4. The van der Waals surface area contributed by atoms with Crippen molar-refractivity contribution in [1.82, 2.24) is 0 Å². The Hall–Kier alpha value is -2.15. The summed E-state index contributed by atoms with van der Waals surface area (Å²) in [7, 11) is 0. The number of amidine groups is 1. The van der Waals surface area contributed by atoms with Crippen molar-refractivity contribution in [2.75, 3.05) is 5.32 Å². The minimum absolute atomic E-state index is 0.186. The number of hydrogen-bond acceptors (Lipinski definition) is 3. The number of nitrogens with zero attached hydrogens (tertiary/aromatic N) is 1. The van der Waals surface area contributed by atoms with Gasteiger partial charge in [-0.1, -0.05) is 17.3 Å². The van der Waals surface area contributed by atoms with Crippen LogP contribution in [0.25, 0.3) is 0 Å². The average molecular weight is 356 g/mol. The van der Waals surface area contributed by atoms with Crippen LogP contribution in [0, 0.1) is 11.6 Å². The number of oxime groups is 1. The topological polar surface area (TPSA) is 70.6 Å². The molecular weight excluding hydrogens is 344 g/mol. The minimum Gasteiger partial charge on any atom is -0.409 e. The van der Waals surface area contributed by atoms with Gasteiger partial charge in [-0.2, -0.15) is 0 Å². The first-order valence-corrected chi connectivity index (χ1v) is 6.76. The molecule has 4 N–H and O–H groups in total. The molecule has 2 aromatic rings. The third kappa shape index (κ3) is 3.49. The first kappa shape index (κ1) is 15.2. The monoisotopic (exact) mass is 355 g/mol. The third-order valence-corrected chi connectivity index (χ3v) is 3.53. The van der Waals surface area contributed by atoms with Crippen molar-refractivity contribution < 1.29 is 14.0 Å². The fraction of sp³-hybridized carbons (Fsp3) is 0.0714. The highest BCUT2D eigenvalue weighted by molar-refractivity contribution is 9.10. The zero-order valence-electron chi connectivity index (χ0n) is 10.8. The van der Waals surface area contributed by atoms with Gasteiger partial charge in [0.15, 0.2) is 5.84 Å². The van der Waals surface area contributed by atoms with Crippen molar-refractivity contribution in [1.29, 1.82) is 0 Å². The Morgan fingerprint density at radius 2 is 2.05 bits per heavy atom. The Kier molecular flexibility index (Phi) is 4.74. The maximum atomic E-state index is 13.7. The van der Waals surface area contributed by atoms with Crippen molar-refractivity contribution in [3.8, 4) is 0 Å². The third-order valence-electron chi connectivity index (χ3n) is 2.87. The van der Waals surface area contributed by atoms with Gasteiger partial charge in [-0.15, -0.1) is 0 Å². The molecule has 0 saturated heterocycles. The quantitative estimate of drug-likeness (QED) is 0.340. The van der Waals surface area contributed by atoms with Crippen molar-refractivity contribution >= 4 is 27.5 Å². The number of hydrogen-bond donors (Lipinski definition) is 3. The zero-order valence-corrected chi connectivity index (χ0v) is 12.4. The predicted molar refractivity (Wildman–Crippen MR) is 80.3 cm³/mol. The van der Waals surface area contributed by atoms with Crippen LogP contribution in [0.3, 0.4) is 0 Å². The largest absolute Gasteiger partial charge is 0.409 e. The zero-order chi connectivity index (χ0) is 15.4. The number of nitrogens with two attached hydrogens (primary N) is 1. The van der Waals surface area contributed by atoms with Gasteiger partial charge < -0.3 is 16.3 Å². The van der Waals surface area contributed by atoms with Gasteiger partial charge in [0.05, 0.1) is 5.69 Å². The number of benzene rings is 2. The highest BCUT2D eigenvalue weighted by atomic mass is 79.9. The molecule has 7 heteroatoms. The molecule has 0 radical (unpaired) electrons. The molecule has 0 unspecified atom stereocenters. The smallest absolute Gasteiger partial charge is 0.170 e. The van der Waals surface area contributed by atoms with Crippen LogP contribution in [0.15, 0.2) is 46.0 Å². The summed E-state index contributed by atoms with van der Waals surface area (Å²) in [6, 6.07) is 8.49. The van der Waals surface area contributed by atoms with Gasteiger partial charge in [-0.25, -0.2) is 8.78 Å². The lowest BCUT2D eigenvalue weighted by atomic mass is 10.1.